The van der Waals surface area contributed by atoms with Gasteiger partial charge in [0.15, 0.2) is 0 Å². The molecule has 4 heteroatoms. The molecule has 2 aromatic carbocycles. The van der Waals surface area contributed by atoms with E-state index in [9.17, 15) is 4.39 Å². The fraction of sp³-hybridized carbons (Fsp3) is 0. The average Bonchev–Trinajstić information content (AvgIpc) is 2.44. The molecular weight excluding hydrogens is 259 g/mol. The summed E-state index contributed by atoms with van der Waals surface area (Å²) in [6.07, 6.45) is 1.66. The van der Waals surface area contributed by atoms with Gasteiger partial charge in [0, 0.05) is 15.2 Å². The molecule has 0 aliphatic rings. The highest BCUT2D eigenvalue weighted by Gasteiger charge is 2.08. The van der Waals surface area contributed by atoms with Gasteiger partial charge in [0.05, 0.1) is 17.4 Å². The lowest BCUT2D eigenvalue weighted by Gasteiger charge is -2.08. The number of nitrogen functional groups attached to an aromatic ring is 1. The first-order valence-electron chi connectivity index (χ1n) is 5.81. The van der Waals surface area contributed by atoms with Crippen molar-refractivity contribution in [2.45, 2.75) is 9.79 Å². The van der Waals surface area contributed by atoms with Gasteiger partial charge in [0.2, 0.25) is 0 Å². The van der Waals surface area contributed by atoms with Gasteiger partial charge in [0.1, 0.15) is 5.82 Å². The Balaban J connectivity index is 2.09. The Morgan fingerprint density at radius 3 is 2.53 bits per heavy atom. The lowest BCUT2D eigenvalue weighted by Crippen LogP contribution is -1.92. The highest BCUT2D eigenvalue weighted by molar-refractivity contribution is 7.99. The van der Waals surface area contributed by atoms with Gasteiger partial charge in [-0.3, -0.25) is 4.98 Å². The second-order valence-corrected chi connectivity index (χ2v) is 5.20. The number of hydrogen-bond donors (Lipinski definition) is 1. The smallest absolute Gasteiger partial charge is 0.123 e. The number of rotatable bonds is 2. The predicted molar refractivity (Wildman–Crippen MR) is 76.7 cm³/mol. The van der Waals surface area contributed by atoms with Gasteiger partial charge in [0.25, 0.3) is 0 Å². The van der Waals surface area contributed by atoms with E-state index in [0.717, 1.165) is 20.7 Å². The zero-order valence-electron chi connectivity index (χ0n) is 10.0. The Morgan fingerprint density at radius 2 is 1.74 bits per heavy atom. The largest absolute Gasteiger partial charge is 0.397 e. The standard InChI is InChI=1S/C15H11FN2S/c16-10-5-7-11(8-6-10)19-15-12-3-1-2-4-14(12)18-9-13(15)17/h1-9H,17H2. The Kier molecular flexibility index (Phi) is 3.09. The van der Waals surface area contributed by atoms with Crippen molar-refractivity contribution in [3.05, 3.63) is 60.5 Å². The van der Waals surface area contributed by atoms with E-state index in [1.54, 1.807) is 18.3 Å². The minimum atomic E-state index is -0.239. The van der Waals surface area contributed by atoms with Gasteiger partial charge in [-0.1, -0.05) is 30.0 Å². The minimum Gasteiger partial charge on any atom is -0.397 e. The summed E-state index contributed by atoms with van der Waals surface area (Å²) in [5.41, 5.74) is 7.54. The summed E-state index contributed by atoms with van der Waals surface area (Å²) >= 11 is 1.52. The van der Waals surface area contributed by atoms with E-state index in [1.165, 1.54) is 23.9 Å². The summed E-state index contributed by atoms with van der Waals surface area (Å²) in [6, 6.07) is 14.2. The maximum absolute atomic E-state index is 12.9. The van der Waals surface area contributed by atoms with Crippen molar-refractivity contribution in [1.82, 2.24) is 4.98 Å². The molecule has 0 saturated heterocycles. The number of aromatic nitrogens is 1. The maximum Gasteiger partial charge on any atom is 0.123 e. The molecule has 0 radical (unpaired) electrons. The van der Waals surface area contributed by atoms with Gasteiger partial charge >= 0.3 is 0 Å². The molecule has 0 amide bonds. The first-order chi connectivity index (χ1) is 9.24. The van der Waals surface area contributed by atoms with E-state index in [4.69, 9.17) is 5.73 Å². The predicted octanol–water partition coefficient (Wildman–Crippen LogP) is 4.11. The van der Waals surface area contributed by atoms with Crippen molar-refractivity contribution < 1.29 is 4.39 Å². The van der Waals surface area contributed by atoms with Gasteiger partial charge < -0.3 is 5.73 Å². The van der Waals surface area contributed by atoms with Crippen LogP contribution in [0.5, 0.6) is 0 Å². The van der Waals surface area contributed by atoms with Gasteiger partial charge in [-0.15, -0.1) is 0 Å². The average molecular weight is 270 g/mol. The number of benzene rings is 2. The van der Waals surface area contributed by atoms with E-state index < -0.39 is 0 Å². The molecule has 0 saturated carbocycles. The van der Waals surface area contributed by atoms with E-state index in [2.05, 4.69) is 4.98 Å². The molecule has 19 heavy (non-hydrogen) atoms. The number of nitrogens with zero attached hydrogens (tertiary/aromatic N) is 1. The molecule has 2 nitrogen and oxygen atoms in total. The summed E-state index contributed by atoms with van der Waals surface area (Å²) in [7, 11) is 0. The van der Waals surface area contributed by atoms with Crippen molar-refractivity contribution in [2.24, 2.45) is 0 Å². The van der Waals surface area contributed by atoms with Crippen LogP contribution in [0.2, 0.25) is 0 Å². The fourth-order valence-corrected chi connectivity index (χ4v) is 2.83. The third kappa shape index (κ3) is 2.39. The number of pyridine rings is 1. The third-order valence-corrected chi connectivity index (χ3v) is 3.95. The monoisotopic (exact) mass is 270 g/mol. The van der Waals surface area contributed by atoms with E-state index in [-0.39, 0.29) is 5.82 Å². The Morgan fingerprint density at radius 1 is 1.00 bits per heavy atom. The van der Waals surface area contributed by atoms with Gasteiger partial charge in [-0.05, 0) is 30.3 Å². The van der Waals surface area contributed by atoms with Crippen molar-refractivity contribution >= 4 is 28.4 Å². The van der Waals surface area contributed by atoms with E-state index in [1.807, 2.05) is 24.3 Å². The normalized spacial score (nSPS) is 10.8. The van der Waals surface area contributed by atoms with Gasteiger partial charge in [-0.2, -0.15) is 0 Å². The van der Waals surface area contributed by atoms with Crippen molar-refractivity contribution in [3.8, 4) is 0 Å². The lowest BCUT2D eigenvalue weighted by molar-refractivity contribution is 0.626. The number of nitrogens with two attached hydrogens (primary N) is 1. The van der Waals surface area contributed by atoms with Crippen LogP contribution in [0.15, 0.2) is 64.5 Å². The number of halogens is 1. The molecule has 0 fully saturated rings. The maximum atomic E-state index is 12.9. The summed E-state index contributed by atoms with van der Waals surface area (Å²) < 4.78 is 12.9. The molecule has 0 aliphatic heterocycles. The first kappa shape index (κ1) is 12.0. The summed E-state index contributed by atoms with van der Waals surface area (Å²) in [5, 5.41) is 1.01. The molecule has 1 heterocycles. The molecule has 0 spiro atoms. The number of hydrogen-bond acceptors (Lipinski definition) is 3. The molecule has 2 N–H and O–H groups in total. The lowest BCUT2D eigenvalue weighted by atomic mass is 10.2. The van der Waals surface area contributed by atoms with Crippen molar-refractivity contribution in [3.63, 3.8) is 0 Å². The minimum absolute atomic E-state index is 0.239. The molecule has 0 aliphatic carbocycles. The molecule has 3 rings (SSSR count). The molecular formula is C15H11FN2S. The highest BCUT2D eigenvalue weighted by Crippen LogP contribution is 2.36. The van der Waals surface area contributed by atoms with Crippen LogP contribution >= 0.6 is 11.8 Å². The molecule has 0 unspecified atom stereocenters. The second kappa shape index (κ2) is 4.90. The van der Waals surface area contributed by atoms with Crippen LogP contribution in [0.25, 0.3) is 10.9 Å². The Hall–Kier alpha value is -2.07. The van der Waals surface area contributed by atoms with Crippen LogP contribution in [0.4, 0.5) is 10.1 Å². The van der Waals surface area contributed by atoms with Crippen LogP contribution in [0.3, 0.4) is 0 Å². The summed E-state index contributed by atoms with van der Waals surface area (Å²) in [5.74, 6) is -0.239. The first-order valence-corrected chi connectivity index (χ1v) is 6.62. The number of fused-ring (bicyclic) bond motifs is 1. The Labute approximate surface area is 114 Å². The molecule has 94 valence electrons. The highest BCUT2D eigenvalue weighted by atomic mass is 32.2. The molecule has 1 aromatic heterocycles. The van der Waals surface area contributed by atoms with Crippen LogP contribution in [0.1, 0.15) is 0 Å². The molecule has 0 atom stereocenters. The third-order valence-electron chi connectivity index (χ3n) is 2.79. The SMILES string of the molecule is Nc1cnc2ccccc2c1Sc1ccc(F)cc1. The molecule has 0 bridgehead atoms. The fourth-order valence-electron chi connectivity index (χ4n) is 1.87. The zero-order chi connectivity index (χ0) is 13.2. The van der Waals surface area contributed by atoms with Crippen molar-refractivity contribution in [2.75, 3.05) is 5.73 Å². The van der Waals surface area contributed by atoms with Crippen molar-refractivity contribution in [1.29, 1.82) is 0 Å². The topological polar surface area (TPSA) is 38.9 Å². The summed E-state index contributed by atoms with van der Waals surface area (Å²) in [6.45, 7) is 0. The van der Waals surface area contributed by atoms with Crippen LogP contribution in [-0.4, -0.2) is 4.98 Å². The second-order valence-electron chi connectivity index (χ2n) is 4.12. The van der Waals surface area contributed by atoms with E-state index >= 15 is 0 Å². The Bertz CT molecular complexity index is 726. The number of anilines is 1. The van der Waals surface area contributed by atoms with Crippen LogP contribution < -0.4 is 5.73 Å². The quantitative estimate of drug-likeness (QED) is 0.761. The zero-order valence-corrected chi connectivity index (χ0v) is 10.8. The van der Waals surface area contributed by atoms with Gasteiger partial charge in [-0.25, -0.2) is 4.39 Å². The summed E-state index contributed by atoms with van der Waals surface area (Å²) in [4.78, 5) is 6.20. The van der Waals surface area contributed by atoms with Crippen LogP contribution in [0, 0.1) is 5.82 Å². The molecule has 3 aromatic rings. The number of para-hydroxylation sites is 1. The van der Waals surface area contributed by atoms with Crippen LogP contribution in [-0.2, 0) is 0 Å². The van der Waals surface area contributed by atoms with E-state index in [0.29, 0.717) is 5.69 Å².